The van der Waals surface area contributed by atoms with Crippen molar-refractivity contribution in [3.63, 3.8) is 0 Å². The van der Waals surface area contributed by atoms with Gasteiger partial charge in [-0.1, -0.05) is 0 Å². The summed E-state index contributed by atoms with van der Waals surface area (Å²) >= 11 is 0. The molecule has 0 radical (unpaired) electrons. The second-order valence-corrected chi connectivity index (χ2v) is 8.08. The largest absolute Gasteiger partial charge is 0.340 e. The van der Waals surface area contributed by atoms with Gasteiger partial charge in [-0.3, -0.25) is 14.6 Å². The average molecular weight is 424 g/mol. The molecular formula is C19H39Cl2N5O. The fourth-order valence-corrected chi connectivity index (χ4v) is 4.51. The highest BCUT2D eigenvalue weighted by Gasteiger charge is 2.27. The summed E-state index contributed by atoms with van der Waals surface area (Å²) in [6.07, 6.45) is 3.40. The second-order valence-electron chi connectivity index (χ2n) is 8.08. The summed E-state index contributed by atoms with van der Waals surface area (Å²) in [5.74, 6) is 0.334. The average Bonchev–Trinajstić information content (AvgIpc) is 2.97. The van der Waals surface area contributed by atoms with E-state index in [2.05, 4.69) is 33.9 Å². The Morgan fingerprint density at radius 2 is 1.33 bits per heavy atom. The molecule has 3 fully saturated rings. The number of carbonyl (C=O) groups excluding carboxylic acids is 1. The molecule has 2 atom stereocenters. The van der Waals surface area contributed by atoms with Crippen LogP contribution in [0.4, 0.5) is 0 Å². The lowest BCUT2D eigenvalue weighted by Crippen LogP contribution is -2.50. The molecule has 1 amide bonds. The molecule has 3 saturated heterocycles. The Morgan fingerprint density at radius 1 is 0.815 bits per heavy atom. The van der Waals surface area contributed by atoms with Crippen LogP contribution in [0.25, 0.3) is 0 Å². The van der Waals surface area contributed by atoms with Crippen molar-refractivity contribution in [2.75, 3.05) is 72.0 Å². The zero-order valence-electron chi connectivity index (χ0n) is 17.1. The monoisotopic (exact) mass is 423 g/mol. The molecule has 0 bridgehead atoms. The van der Waals surface area contributed by atoms with Gasteiger partial charge in [-0.05, 0) is 26.7 Å². The van der Waals surface area contributed by atoms with Gasteiger partial charge >= 0.3 is 0 Å². The molecular weight excluding hydrogens is 385 g/mol. The highest BCUT2D eigenvalue weighted by atomic mass is 35.5. The first-order chi connectivity index (χ1) is 12.1. The molecule has 3 heterocycles. The Bertz CT molecular complexity index is 418. The van der Waals surface area contributed by atoms with Crippen molar-refractivity contribution in [1.82, 2.24) is 24.9 Å². The topological polar surface area (TPSA) is 42.1 Å². The molecule has 27 heavy (non-hydrogen) atoms. The van der Waals surface area contributed by atoms with Crippen LogP contribution in [0, 0.1) is 0 Å². The van der Waals surface area contributed by atoms with E-state index in [9.17, 15) is 4.79 Å². The van der Waals surface area contributed by atoms with E-state index in [1.54, 1.807) is 0 Å². The minimum absolute atomic E-state index is 0. The van der Waals surface area contributed by atoms with Crippen molar-refractivity contribution >= 4 is 30.7 Å². The number of hydrogen-bond donors (Lipinski definition) is 1. The minimum atomic E-state index is 0. The number of nitrogens with one attached hydrogen (secondary N) is 1. The van der Waals surface area contributed by atoms with Crippen LogP contribution in [0.15, 0.2) is 0 Å². The number of rotatable bonds is 6. The standard InChI is InChI=1S/C19H37N5O.2ClH/c1-17-3-4-18(2)24(17)16-15-22-13-11-21(12-14-22)8-5-19(25)23-9-6-20-7-10-23;;/h17-18,20H,3-16H2,1-2H3;2*1H. The highest BCUT2D eigenvalue weighted by Crippen LogP contribution is 2.22. The van der Waals surface area contributed by atoms with E-state index in [4.69, 9.17) is 0 Å². The lowest BCUT2D eigenvalue weighted by atomic mass is 10.2. The maximum Gasteiger partial charge on any atom is 0.223 e. The summed E-state index contributed by atoms with van der Waals surface area (Å²) in [7, 11) is 0. The summed E-state index contributed by atoms with van der Waals surface area (Å²) in [6.45, 7) is 16.2. The molecule has 3 aliphatic rings. The van der Waals surface area contributed by atoms with Gasteiger partial charge in [0.1, 0.15) is 0 Å². The van der Waals surface area contributed by atoms with Gasteiger partial charge in [0.15, 0.2) is 0 Å². The third-order valence-corrected chi connectivity index (χ3v) is 6.39. The number of piperazine rings is 2. The molecule has 8 heteroatoms. The summed E-state index contributed by atoms with van der Waals surface area (Å²) in [5, 5.41) is 3.30. The van der Waals surface area contributed by atoms with Gasteiger partial charge in [0, 0.05) is 90.5 Å². The summed E-state index contributed by atoms with van der Waals surface area (Å²) in [5.41, 5.74) is 0. The number of nitrogens with zero attached hydrogens (tertiary/aromatic N) is 4. The summed E-state index contributed by atoms with van der Waals surface area (Å²) in [4.78, 5) is 22.0. The Hall–Kier alpha value is -0.110. The highest BCUT2D eigenvalue weighted by molar-refractivity contribution is 5.85. The van der Waals surface area contributed by atoms with Gasteiger partial charge in [-0.25, -0.2) is 0 Å². The third-order valence-electron chi connectivity index (χ3n) is 6.39. The lowest BCUT2D eigenvalue weighted by Gasteiger charge is -2.37. The normalized spacial score (nSPS) is 27.9. The molecule has 0 saturated carbocycles. The first kappa shape index (κ1) is 24.9. The smallest absolute Gasteiger partial charge is 0.223 e. The fourth-order valence-electron chi connectivity index (χ4n) is 4.51. The van der Waals surface area contributed by atoms with Crippen LogP contribution in [0.3, 0.4) is 0 Å². The number of hydrogen-bond acceptors (Lipinski definition) is 5. The number of likely N-dealkylation sites (tertiary alicyclic amines) is 1. The van der Waals surface area contributed by atoms with Crippen LogP contribution in [0.2, 0.25) is 0 Å². The molecule has 0 spiro atoms. The van der Waals surface area contributed by atoms with Crippen LogP contribution in [-0.2, 0) is 4.79 Å². The molecule has 0 aromatic heterocycles. The van der Waals surface area contributed by atoms with Crippen LogP contribution in [0.1, 0.15) is 33.1 Å². The fraction of sp³-hybridized carbons (Fsp3) is 0.947. The van der Waals surface area contributed by atoms with Crippen LogP contribution < -0.4 is 5.32 Å². The van der Waals surface area contributed by atoms with E-state index < -0.39 is 0 Å². The molecule has 160 valence electrons. The van der Waals surface area contributed by atoms with Crippen molar-refractivity contribution in [2.24, 2.45) is 0 Å². The SMILES string of the molecule is CC1CCC(C)N1CCN1CCN(CCC(=O)N2CCNCC2)CC1.Cl.Cl. The molecule has 0 aromatic rings. The molecule has 3 rings (SSSR count). The Kier molecular flexibility index (Phi) is 11.5. The van der Waals surface area contributed by atoms with Gasteiger partial charge in [-0.15, -0.1) is 24.8 Å². The molecule has 3 aliphatic heterocycles. The molecule has 0 aliphatic carbocycles. The van der Waals surface area contributed by atoms with E-state index in [1.807, 2.05) is 4.90 Å². The van der Waals surface area contributed by atoms with Crippen LogP contribution >= 0.6 is 24.8 Å². The van der Waals surface area contributed by atoms with E-state index in [1.165, 1.54) is 25.9 Å². The maximum atomic E-state index is 12.3. The van der Waals surface area contributed by atoms with Gasteiger partial charge < -0.3 is 15.1 Å². The quantitative estimate of drug-likeness (QED) is 0.693. The van der Waals surface area contributed by atoms with Gasteiger partial charge in [0.05, 0.1) is 0 Å². The molecule has 2 unspecified atom stereocenters. The number of carbonyl (C=O) groups is 1. The van der Waals surface area contributed by atoms with E-state index in [-0.39, 0.29) is 24.8 Å². The Morgan fingerprint density at radius 3 is 1.89 bits per heavy atom. The van der Waals surface area contributed by atoms with Crippen molar-refractivity contribution in [3.05, 3.63) is 0 Å². The zero-order chi connectivity index (χ0) is 17.6. The molecule has 0 aromatic carbocycles. The van der Waals surface area contributed by atoms with Crippen LogP contribution in [-0.4, -0.2) is 110 Å². The molecule has 1 N–H and O–H groups in total. The van der Waals surface area contributed by atoms with Crippen LogP contribution in [0.5, 0.6) is 0 Å². The zero-order valence-corrected chi connectivity index (χ0v) is 18.7. The van der Waals surface area contributed by atoms with Gasteiger partial charge in [-0.2, -0.15) is 0 Å². The Labute approximate surface area is 177 Å². The van der Waals surface area contributed by atoms with Crippen molar-refractivity contribution in [3.8, 4) is 0 Å². The summed E-state index contributed by atoms with van der Waals surface area (Å²) < 4.78 is 0. The van der Waals surface area contributed by atoms with Crippen molar-refractivity contribution < 1.29 is 4.79 Å². The first-order valence-corrected chi connectivity index (χ1v) is 10.3. The van der Waals surface area contributed by atoms with Gasteiger partial charge in [0.2, 0.25) is 5.91 Å². The Balaban J connectivity index is 0.00000182. The van der Waals surface area contributed by atoms with Gasteiger partial charge in [0.25, 0.3) is 0 Å². The second kappa shape index (κ2) is 12.5. The predicted molar refractivity (Wildman–Crippen MR) is 116 cm³/mol. The van der Waals surface area contributed by atoms with Crippen molar-refractivity contribution in [1.29, 1.82) is 0 Å². The number of amides is 1. The predicted octanol–water partition coefficient (Wildman–Crippen LogP) is 1.14. The number of halogens is 2. The van der Waals surface area contributed by atoms with E-state index >= 15 is 0 Å². The minimum Gasteiger partial charge on any atom is -0.340 e. The maximum absolute atomic E-state index is 12.3. The molecule has 6 nitrogen and oxygen atoms in total. The first-order valence-electron chi connectivity index (χ1n) is 10.3. The van der Waals surface area contributed by atoms with E-state index in [0.29, 0.717) is 12.3 Å². The van der Waals surface area contributed by atoms with E-state index in [0.717, 1.165) is 71.0 Å². The third kappa shape index (κ3) is 7.33. The summed E-state index contributed by atoms with van der Waals surface area (Å²) in [6, 6.07) is 1.51. The van der Waals surface area contributed by atoms with Crippen molar-refractivity contribution in [2.45, 2.75) is 45.2 Å². The lowest BCUT2D eigenvalue weighted by molar-refractivity contribution is -0.132.